The van der Waals surface area contributed by atoms with E-state index in [0.29, 0.717) is 24.4 Å². The molecule has 26 heavy (non-hydrogen) atoms. The number of benzene rings is 1. The zero-order chi connectivity index (χ0) is 18.7. The van der Waals surface area contributed by atoms with E-state index in [-0.39, 0.29) is 11.5 Å². The van der Waals surface area contributed by atoms with Gasteiger partial charge in [-0.1, -0.05) is 24.6 Å². The first kappa shape index (κ1) is 18.2. The molecule has 1 aromatic carbocycles. The number of pyridine rings is 1. The van der Waals surface area contributed by atoms with Crippen LogP contribution in [0.1, 0.15) is 52.0 Å². The van der Waals surface area contributed by atoms with Crippen LogP contribution in [0.2, 0.25) is 0 Å². The number of nitrogens with zero attached hydrogens (tertiary/aromatic N) is 1. The van der Waals surface area contributed by atoms with E-state index in [2.05, 4.69) is 31.3 Å². The normalized spacial score (nSPS) is 13.7. The number of aryl methyl sites for hydroxylation is 2. The van der Waals surface area contributed by atoms with Crippen LogP contribution in [-0.4, -0.2) is 17.6 Å². The Morgan fingerprint density at radius 1 is 1.15 bits per heavy atom. The summed E-state index contributed by atoms with van der Waals surface area (Å²) in [6.45, 7) is 5.24. The first-order valence-electron chi connectivity index (χ1n) is 9.16. The Kier molecular flexibility index (Phi) is 5.45. The van der Waals surface area contributed by atoms with Crippen LogP contribution in [0.5, 0.6) is 5.75 Å². The topological polar surface area (TPSA) is 60.3 Å². The standard InChI is InChI=1S/C21H26N2O3/c1-14-8-9-16(11-15(14)2)13-22-21(25)20-17-7-5-4-6-10-23(17)19(24)12-18(20)26-3/h8-9,11-12H,4-7,10,13H2,1-3H3,(H,22,25). The number of carbonyl (C=O) groups is 1. The number of fused-ring (bicyclic) bond motifs is 1. The van der Waals surface area contributed by atoms with Crippen molar-refractivity contribution in [3.63, 3.8) is 0 Å². The summed E-state index contributed by atoms with van der Waals surface area (Å²) >= 11 is 0. The van der Waals surface area contributed by atoms with E-state index in [0.717, 1.165) is 36.9 Å². The van der Waals surface area contributed by atoms with Gasteiger partial charge in [-0.25, -0.2) is 0 Å². The minimum absolute atomic E-state index is 0.0931. The van der Waals surface area contributed by atoms with E-state index in [1.807, 2.05) is 6.07 Å². The maximum absolute atomic E-state index is 12.9. The molecule has 0 aliphatic carbocycles. The van der Waals surface area contributed by atoms with E-state index in [4.69, 9.17) is 4.74 Å². The fourth-order valence-corrected chi connectivity index (χ4v) is 3.50. The van der Waals surface area contributed by atoms with E-state index in [1.165, 1.54) is 24.3 Å². The third-order valence-corrected chi connectivity index (χ3v) is 5.15. The second kappa shape index (κ2) is 7.77. The second-order valence-corrected chi connectivity index (χ2v) is 6.94. The molecule has 0 saturated carbocycles. The van der Waals surface area contributed by atoms with Crippen LogP contribution in [0, 0.1) is 13.8 Å². The van der Waals surface area contributed by atoms with Crippen molar-refractivity contribution in [2.45, 2.75) is 52.6 Å². The third-order valence-electron chi connectivity index (χ3n) is 5.15. The minimum Gasteiger partial charge on any atom is -0.496 e. The lowest BCUT2D eigenvalue weighted by molar-refractivity contribution is 0.0945. The zero-order valence-corrected chi connectivity index (χ0v) is 15.7. The van der Waals surface area contributed by atoms with Crippen LogP contribution < -0.4 is 15.6 Å². The molecule has 2 aromatic rings. The Bertz CT molecular complexity index is 884. The quantitative estimate of drug-likeness (QED) is 0.918. The van der Waals surface area contributed by atoms with Gasteiger partial charge in [-0.15, -0.1) is 0 Å². The average Bonchev–Trinajstić information content (AvgIpc) is 2.88. The number of hydrogen-bond donors (Lipinski definition) is 1. The first-order chi connectivity index (χ1) is 12.5. The summed E-state index contributed by atoms with van der Waals surface area (Å²) in [5, 5.41) is 2.99. The molecule has 0 atom stereocenters. The van der Waals surface area contributed by atoms with Gasteiger partial charge in [-0.3, -0.25) is 9.59 Å². The summed E-state index contributed by atoms with van der Waals surface area (Å²) in [6.07, 6.45) is 3.72. The molecule has 1 aromatic heterocycles. The minimum atomic E-state index is -0.189. The molecule has 0 bridgehead atoms. The molecule has 0 unspecified atom stereocenters. The van der Waals surface area contributed by atoms with E-state index < -0.39 is 0 Å². The van der Waals surface area contributed by atoms with Crippen molar-refractivity contribution in [1.29, 1.82) is 0 Å². The molecule has 1 N–H and O–H groups in total. The molecule has 0 saturated heterocycles. The highest BCUT2D eigenvalue weighted by atomic mass is 16.5. The molecule has 138 valence electrons. The molecule has 0 radical (unpaired) electrons. The van der Waals surface area contributed by atoms with Crippen molar-refractivity contribution in [1.82, 2.24) is 9.88 Å². The van der Waals surface area contributed by atoms with Crippen molar-refractivity contribution < 1.29 is 9.53 Å². The SMILES string of the molecule is COc1cc(=O)n2c(c1C(=O)NCc1ccc(C)c(C)c1)CCCCC2. The van der Waals surface area contributed by atoms with E-state index in [1.54, 1.807) is 4.57 Å². The summed E-state index contributed by atoms with van der Waals surface area (Å²) < 4.78 is 7.10. The number of nitrogens with one attached hydrogen (secondary N) is 1. The Morgan fingerprint density at radius 2 is 1.96 bits per heavy atom. The molecule has 1 amide bonds. The first-order valence-corrected chi connectivity index (χ1v) is 9.16. The van der Waals surface area contributed by atoms with Crippen LogP contribution in [0.4, 0.5) is 0 Å². The maximum atomic E-state index is 12.9. The van der Waals surface area contributed by atoms with Gasteiger partial charge in [-0.2, -0.15) is 0 Å². The molecular weight excluding hydrogens is 328 g/mol. The third kappa shape index (κ3) is 3.66. The molecule has 5 heteroatoms. The van der Waals surface area contributed by atoms with Crippen molar-refractivity contribution in [3.05, 3.63) is 62.6 Å². The number of ether oxygens (including phenoxy) is 1. The summed E-state index contributed by atoms with van der Waals surface area (Å²) in [7, 11) is 1.50. The van der Waals surface area contributed by atoms with Crippen LogP contribution in [0.15, 0.2) is 29.1 Å². The predicted octanol–water partition coefficient (Wildman–Crippen LogP) is 3.13. The summed E-state index contributed by atoms with van der Waals surface area (Å²) in [5.74, 6) is 0.173. The van der Waals surface area contributed by atoms with Crippen LogP contribution >= 0.6 is 0 Å². The fraction of sp³-hybridized carbons (Fsp3) is 0.429. The van der Waals surface area contributed by atoms with Gasteiger partial charge in [0.15, 0.2) is 0 Å². The fourth-order valence-electron chi connectivity index (χ4n) is 3.50. The molecule has 1 aliphatic rings. The average molecular weight is 354 g/mol. The Labute approximate surface area is 154 Å². The van der Waals surface area contributed by atoms with Gasteiger partial charge in [0.05, 0.1) is 7.11 Å². The summed E-state index contributed by atoms with van der Waals surface area (Å²) in [5.41, 5.74) is 4.69. The van der Waals surface area contributed by atoms with Gasteiger partial charge in [0.1, 0.15) is 11.3 Å². The molecule has 0 fully saturated rings. The highest BCUT2D eigenvalue weighted by molar-refractivity contribution is 5.98. The lowest BCUT2D eigenvalue weighted by Gasteiger charge is -2.17. The number of rotatable bonds is 4. The van der Waals surface area contributed by atoms with Gasteiger partial charge >= 0.3 is 0 Å². The van der Waals surface area contributed by atoms with Gasteiger partial charge in [0, 0.05) is 24.8 Å². The highest BCUT2D eigenvalue weighted by Gasteiger charge is 2.23. The lowest BCUT2D eigenvalue weighted by Crippen LogP contribution is -2.30. The maximum Gasteiger partial charge on any atom is 0.257 e. The smallest absolute Gasteiger partial charge is 0.257 e. The lowest BCUT2D eigenvalue weighted by atomic mass is 10.0. The molecule has 0 spiro atoms. The van der Waals surface area contributed by atoms with Crippen molar-refractivity contribution in [2.75, 3.05) is 7.11 Å². The van der Waals surface area contributed by atoms with Gasteiger partial charge in [-0.05, 0) is 49.8 Å². The Hall–Kier alpha value is -2.56. The largest absolute Gasteiger partial charge is 0.496 e. The number of aromatic nitrogens is 1. The molecule has 5 nitrogen and oxygen atoms in total. The van der Waals surface area contributed by atoms with Crippen LogP contribution in [0.3, 0.4) is 0 Å². The molecule has 2 heterocycles. The van der Waals surface area contributed by atoms with Crippen molar-refractivity contribution in [2.24, 2.45) is 0 Å². The molecular formula is C21H26N2O3. The van der Waals surface area contributed by atoms with Gasteiger partial charge < -0.3 is 14.6 Å². The number of methoxy groups -OCH3 is 1. The van der Waals surface area contributed by atoms with Crippen LogP contribution in [0.25, 0.3) is 0 Å². The van der Waals surface area contributed by atoms with Crippen LogP contribution in [-0.2, 0) is 19.5 Å². The number of hydrogen-bond acceptors (Lipinski definition) is 3. The zero-order valence-electron chi connectivity index (χ0n) is 15.7. The molecule has 1 aliphatic heterocycles. The van der Waals surface area contributed by atoms with Crippen molar-refractivity contribution in [3.8, 4) is 5.75 Å². The van der Waals surface area contributed by atoms with Crippen molar-refractivity contribution >= 4 is 5.91 Å². The Morgan fingerprint density at radius 3 is 2.69 bits per heavy atom. The number of carbonyl (C=O) groups excluding carboxylic acids is 1. The number of amides is 1. The molecule has 3 rings (SSSR count). The summed E-state index contributed by atoms with van der Waals surface area (Å²) in [6, 6.07) is 7.60. The van der Waals surface area contributed by atoms with Gasteiger partial charge in [0.2, 0.25) is 0 Å². The van der Waals surface area contributed by atoms with E-state index in [9.17, 15) is 9.59 Å². The highest BCUT2D eigenvalue weighted by Crippen LogP contribution is 2.24. The van der Waals surface area contributed by atoms with E-state index >= 15 is 0 Å². The monoisotopic (exact) mass is 354 g/mol. The summed E-state index contributed by atoms with van der Waals surface area (Å²) in [4.78, 5) is 25.3. The second-order valence-electron chi connectivity index (χ2n) is 6.94. The van der Waals surface area contributed by atoms with Gasteiger partial charge in [0.25, 0.3) is 11.5 Å². The Balaban J connectivity index is 1.90. The predicted molar refractivity (Wildman–Crippen MR) is 102 cm³/mol.